The zero-order valence-corrected chi connectivity index (χ0v) is 12.0. The van der Waals surface area contributed by atoms with E-state index in [0.29, 0.717) is 5.69 Å². The standard InChI is InChI=1S/C13H14N4O3S/c1-8-4-5-16-7-11(8)17-21(19,20)12-3-2-9(13(15)18)6-10(12)14/h2-7,17H,14H2,1H3,(H2,15,18). The van der Waals surface area contributed by atoms with E-state index < -0.39 is 15.9 Å². The number of benzene rings is 1. The number of aryl methyl sites for hydroxylation is 1. The van der Waals surface area contributed by atoms with Gasteiger partial charge in [-0.1, -0.05) is 0 Å². The first-order valence-electron chi connectivity index (χ1n) is 5.94. The molecule has 8 heteroatoms. The number of nitrogens with zero attached hydrogens (tertiary/aromatic N) is 1. The number of amides is 1. The molecule has 0 saturated carbocycles. The summed E-state index contributed by atoms with van der Waals surface area (Å²) >= 11 is 0. The fraction of sp³-hybridized carbons (Fsp3) is 0.0769. The summed E-state index contributed by atoms with van der Waals surface area (Å²) < 4.78 is 27.0. The molecule has 0 aliphatic rings. The van der Waals surface area contributed by atoms with Crippen LogP contribution < -0.4 is 16.2 Å². The number of pyridine rings is 1. The second kappa shape index (κ2) is 5.41. The molecule has 0 fully saturated rings. The normalized spacial score (nSPS) is 11.1. The Morgan fingerprint density at radius 2 is 2.00 bits per heavy atom. The number of hydrogen-bond donors (Lipinski definition) is 3. The van der Waals surface area contributed by atoms with Gasteiger partial charge in [0.2, 0.25) is 5.91 Å². The number of carbonyl (C=O) groups is 1. The maximum absolute atomic E-state index is 12.3. The van der Waals surface area contributed by atoms with Crippen molar-refractivity contribution in [1.29, 1.82) is 0 Å². The number of sulfonamides is 1. The number of rotatable bonds is 4. The van der Waals surface area contributed by atoms with Crippen LogP contribution in [0.5, 0.6) is 0 Å². The number of primary amides is 1. The van der Waals surface area contributed by atoms with E-state index in [-0.39, 0.29) is 16.1 Å². The van der Waals surface area contributed by atoms with Crippen LogP contribution >= 0.6 is 0 Å². The van der Waals surface area contributed by atoms with E-state index >= 15 is 0 Å². The fourth-order valence-electron chi connectivity index (χ4n) is 1.72. The first kappa shape index (κ1) is 14.8. The predicted molar refractivity (Wildman–Crippen MR) is 79.2 cm³/mol. The monoisotopic (exact) mass is 306 g/mol. The van der Waals surface area contributed by atoms with Gasteiger partial charge in [-0.05, 0) is 36.8 Å². The first-order chi connectivity index (χ1) is 9.81. The highest BCUT2D eigenvalue weighted by Crippen LogP contribution is 2.23. The number of anilines is 2. The molecule has 0 unspecified atom stereocenters. The van der Waals surface area contributed by atoms with Gasteiger partial charge in [-0.2, -0.15) is 0 Å². The van der Waals surface area contributed by atoms with Gasteiger partial charge >= 0.3 is 0 Å². The van der Waals surface area contributed by atoms with Gasteiger partial charge in [-0.15, -0.1) is 0 Å². The van der Waals surface area contributed by atoms with Crippen LogP contribution in [0.4, 0.5) is 11.4 Å². The van der Waals surface area contributed by atoms with Crippen LogP contribution in [0, 0.1) is 6.92 Å². The molecule has 1 aromatic heterocycles. The van der Waals surface area contributed by atoms with Crippen molar-refractivity contribution >= 4 is 27.3 Å². The van der Waals surface area contributed by atoms with Crippen molar-refractivity contribution in [2.24, 2.45) is 5.73 Å². The minimum atomic E-state index is -3.88. The summed E-state index contributed by atoms with van der Waals surface area (Å²) in [4.78, 5) is 14.8. The SMILES string of the molecule is Cc1ccncc1NS(=O)(=O)c1ccc(C(N)=O)cc1N. The topological polar surface area (TPSA) is 128 Å². The summed E-state index contributed by atoms with van der Waals surface area (Å²) in [6.45, 7) is 1.75. The largest absolute Gasteiger partial charge is 0.398 e. The van der Waals surface area contributed by atoms with Crippen molar-refractivity contribution in [2.75, 3.05) is 10.5 Å². The van der Waals surface area contributed by atoms with Crippen LogP contribution in [0.2, 0.25) is 0 Å². The second-order valence-electron chi connectivity index (χ2n) is 4.41. The molecule has 1 aromatic carbocycles. The molecular weight excluding hydrogens is 292 g/mol. The Morgan fingerprint density at radius 1 is 1.29 bits per heavy atom. The van der Waals surface area contributed by atoms with Gasteiger partial charge in [0.25, 0.3) is 10.0 Å². The lowest BCUT2D eigenvalue weighted by Gasteiger charge is -2.12. The van der Waals surface area contributed by atoms with E-state index in [1.165, 1.54) is 24.4 Å². The number of hydrogen-bond acceptors (Lipinski definition) is 5. The molecule has 0 aliphatic carbocycles. The number of nitrogen functional groups attached to an aromatic ring is 1. The summed E-state index contributed by atoms with van der Waals surface area (Å²) in [5.74, 6) is -0.679. The van der Waals surface area contributed by atoms with Gasteiger partial charge in [0.15, 0.2) is 0 Å². The van der Waals surface area contributed by atoms with Crippen LogP contribution in [0.25, 0.3) is 0 Å². The third-order valence-corrected chi connectivity index (χ3v) is 4.31. The van der Waals surface area contributed by atoms with Gasteiger partial charge in [-0.25, -0.2) is 8.42 Å². The van der Waals surface area contributed by atoms with Gasteiger partial charge in [0.05, 0.1) is 17.6 Å². The molecule has 7 nitrogen and oxygen atoms in total. The van der Waals surface area contributed by atoms with E-state index in [1.54, 1.807) is 19.2 Å². The Morgan fingerprint density at radius 3 is 2.57 bits per heavy atom. The molecule has 0 radical (unpaired) electrons. The molecule has 5 N–H and O–H groups in total. The zero-order chi connectivity index (χ0) is 15.6. The smallest absolute Gasteiger partial charge is 0.264 e. The van der Waals surface area contributed by atoms with E-state index in [1.807, 2.05) is 0 Å². The maximum Gasteiger partial charge on any atom is 0.264 e. The van der Waals surface area contributed by atoms with E-state index in [4.69, 9.17) is 11.5 Å². The van der Waals surface area contributed by atoms with Gasteiger partial charge < -0.3 is 11.5 Å². The lowest BCUT2D eigenvalue weighted by Crippen LogP contribution is -2.17. The minimum absolute atomic E-state index is 0.0552. The third kappa shape index (κ3) is 3.11. The summed E-state index contributed by atoms with van der Waals surface area (Å²) in [7, 11) is -3.88. The third-order valence-electron chi connectivity index (χ3n) is 2.87. The Labute approximate surface area is 122 Å². The van der Waals surface area contributed by atoms with Crippen LogP contribution in [-0.4, -0.2) is 19.3 Å². The van der Waals surface area contributed by atoms with Crippen molar-refractivity contribution in [2.45, 2.75) is 11.8 Å². The molecule has 2 rings (SSSR count). The molecule has 2 aromatic rings. The molecule has 0 bridgehead atoms. The van der Waals surface area contributed by atoms with E-state index in [9.17, 15) is 13.2 Å². The number of nitrogens with one attached hydrogen (secondary N) is 1. The van der Waals surface area contributed by atoms with Gasteiger partial charge in [0.1, 0.15) is 4.90 Å². The van der Waals surface area contributed by atoms with Crippen molar-refractivity contribution in [3.63, 3.8) is 0 Å². The fourth-order valence-corrected chi connectivity index (χ4v) is 2.95. The quantitative estimate of drug-likeness (QED) is 0.722. The highest BCUT2D eigenvalue weighted by molar-refractivity contribution is 7.92. The summed E-state index contributed by atoms with van der Waals surface area (Å²) in [5.41, 5.74) is 12.0. The molecule has 0 aliphatic heterocycles. The average Bonchev–Trinajstić information content (AvgIpc) is 2.40. The lowest BCUT2D eigenvalue weighted by atomic mass is 10.2. The van der Waals surface area contributed by atoms with E-state index in [2.05, 4.69) is 9.71 Å². The Balaban J connectivity index is 2.41. The first-order valence-corrected chi connectivity index (χ1v) is 7.42. The summed E-state index contributed by atoms with van der Waals surface area (Å²) in [5, 5.41) is 0. The van der Waals surface area contributed by atoms with Crippen LogP contribution in [0.15, 0.2) is 41.6 Å². The van der Waals surface area contributed by atoms with Crippen LogP contribution in [0.1, 0.15) is 15.9 Å². The molecule has 0 atom stereocenters. The van der Waals surface area contributed by atoms with Crippen molar-refractivity contribution in [3.8, 4) is 0 Å². The number of nitrogens with two attached hydrogens (primary N) is 2. The number of carbonyl (C=O) groups excluding carboxylic acids is 1. The Kier molecular flexibility index (Phi) is 3.81. The molecule has 1 heterocycles. The van der Waals surface area contributed by atoms with Crippen LogP contribution in [0.3, 0.4) is 0 Å². The van der Waals surface area contributed by atoms with Crippen LogP contribution in [-0.2, 0) is 10.0 Å². The van der Waals surface area contributed by atoms with Crippen molar-refractivity contribution in [1.82, 2.24) is 4.98 Å². The maximum atomic E-state index is 12.3. The average molecular weight is 306 g/mol. The second-order valence-corrected chi connectivity index (χ2v) is 6.06. The predicted octanol–water partition coefficient (Wildman–Crippen LogP) is 0.872. The molecular formula is C13H14N4O3S. The molecule has 0 spiro atoms. The van der Waals surface area contributed by atoms with Crippen molar-refractivity contribution in [3.05, 3.63) is 47.8 Å². The molecule has 110 valence electrons. The highest BCUT2D eigenvalue weighted by Gasteiger charge is 2.19. The lowest BCUT2D eigenvalue weighted by molar-refractivity contribution is 0.1000. The minimum Gasteiger partial charge on any atom is -0.398 e. The molecule has 21 heavy (non-hydrogen) atoms. The van der Waals surface area contributed by atoms with Gasteiger partial charge in [0, 0.05) is 11.8 Å². The Bertz CT molecular complexity index is 803. The number of aromatic nitrogens is 1. The summed E-state index contributed by atoms with van der Waals surface area (Å²) in [6, 6.07) is 5.46. The van der Waals surface area contributed by atoms with Gasteiger partial charge in [-0.3, -0.25) is 14.5 Å². The van der Waals surface area contributed by atoms with Crippen molar-refractivity contribution < 1.29 is 13.2 Å². The summed E-state index contributed by atoms with van der Waals surface area (Å²) in [6.07, 6.45) is 2.96. The highest BCUT2D eigenvalue weighted by atomic mass is 32.2. The molecule has 0 saturated heterocycles. The zero-order valence-electron chi connectivity index (χ0n) is 11.2. The Hall–Kier alpha value is -2.61. The van der Waals surface area contributed by atoms with E-state index in [0.717, 1.165) is 5.56 Å². The molecule has 1 amide bonds.